The molecule has 2 aliphatic rings. The summed E-state index contributed by atoms with van der Waals surface area (Å²) in [6, 6.07) is 0.612. The average molecular weight is 210 g/mol. The van der Waals surface area contributed by atoms with Crippen molar-refractivity contribution in [2.24, 2.45) is 5.92 Å². The van der Waals surface area contributed by atoms with E-state index in [2.05, 4.69) is 12.2 Å². The molecule has 0 aromatic rings. The van der Waals surface area contributed by atoms with Crippen molar-refractivity contribution in [2.45, 2.75) is 51.5 Å². The van der Waals surface area contributed by atoms with Gasteiger partial charge >= 0.3 is 6.03 Å². The zero-order valence-electron chi connectivity index (χ0n) is 9.67. The highest BCUT2D eigenvalue weighted by molar-refractivity contribution is 5.74. The monoisotopic (exact) mass is 210 g/mol. The lowest BCUT2D eigenvalue weighted by Crippen LogP contribution is -2.44. The molecule has 3 nitrogen and oxygen atoms in total. The number of carbonyl (C=O) groups excluding carboxylic acids is 1. The number of likely N-dealkylation sites (tertiary alicyclic amines) is 1. The van der Waals surface area contributed by atoms with Crippen molar-refractivity contribution in [3.63, 3.8) is 0 Å². The topological polar surface area (TPSA) is 32.3 Å². The molecule has 1 saturated carbocycles. The van der Waals surface area contributed by atoms with Gasteiger partial charge in [-0.2, -0.15) is 0 Å². The second-order valence-corrected chi connectivity index (χ2v) is 5.10. The van der Waals surface area contributed by atoms with Crippen molar-refractivity contribution >= 4 is 6.03 Å². The minimum absolute atomic E-state index is 0.173. The van der Waals surface area contributed by atoms with E-state index in [9.17, 15) is 4.79 Å². The number of carbonyl (C=O) groups is 1. The molecule has 0 bridgehead atoms. The van der Waals surface area contributed by atoms with E-state index in [1.54, 1.807) is 0 Å². The lowest BCUT2D eigenvalue weighted by atomic mass is 9.87. The zero-order valence-corrected chi connectivity index (χ0v) is 9.67. The van der Waals surface area contributed by atoms with Gasteiger partial charge in [-0.25, -0.2) is 4.79 Å². The van der Waals surface area contributed by atoms with Crippen molar-refractivity contribution in [1.82, 2.24) is 10.2 Å². The smallest absolute Gasteiger partial charge is 0.317 e. The summed E-state index contributed by atoms with van der Waals surface area (Å²) >= 11 is 0. The van der Waals surface area contributed by atoms with Gasteiger partial charge in [-0.05, 0) is 44.4 Å². The summed E-state index contributed by atoms with van der Waals surface area (Å²) in [5.74, 6) is 0.852. The molecule has 2 fully saturated rings. The minimum Gasteiger partial charge on any atom is -0.335 e. The zero-order chi connectivity index (χ0) is 10.7. The number of rotatable bonds is 1. The molecule has 1 saturated heterocycles. The van der Waals surface area contributed by atoms with Gasteiger partial charge in [0.2, 0.25) is 0 Å². The SMILES string of the molecule is CC1CCC(NC(=O)N2CCCC2)CC1. The Hall–Kier alpha value is -0.730. The fraction of sp³-hybridized carbons (Fsp3) is 0.917. The van der Waals surface area contributed by atoms with Crippen LogP contribution in [0, 0.1) is 5.92 Å². The maximum Gasteiger partial charge on any atom is 0.317 e. The molecule has 2 rings (SSSR count). The van der Waals surface area contributed by atoms with Gasteiger partial charge in [0.25, 0.3) is 0 Å². The Balaban J connectivity index is 1.74. The minimum atomic E-state index is 0.173. The van der Waals surface area contributed by atoms with Crippen LogP contribution in [0.2, 0.25) is 0 Å². The highest BCUT2D eigenvalue weighted by Crippen LogP contribution is 2.23. The lowest BCUT2D eigenvalue weighted by molar-refractivity contribution is 0.197. The fourth-order valence-electron chi connectivity index (χ4n) is 2.59. The van der Waals surface area contributed by atoms with E-state index in [-0.39, 0.29) is 6.03 Å². The summed E-state index contributed by atoms with van der Waals surface area (Å²) in [5.41, 5.74) is 0. The summed E-state index contributed by atoms with van der Waals surface area (Å²) in [6.45, 7) is 4.21. The van der Waals surface area contributed by atoms with Crippen LogP contribution in [0.1, 0.15) is 45.4 Å². The maximum absolute atomic E-state index is 11.8. The molecule has 15 heavy (non-hydrogen) atoms. The molecule has 1 heterocycles. The van der Waals surface area contributed by atoms with Gasteiger partial charge in [-0.3, -0.25) is 0 Å². The van der Waals surface area contributed by atoms with Gasteiger partial charge in [0.1, 0.15) is 0 Å². The second-order valence-electron chi connectivity index (χ2n) is 5.10. The van der Waals surface area contributed by atoms with E-state index < -0.39 is 0 Å². The number of hydrogen-bond acceptors (Lipinski definition) is 1. The largest absolute Gasteiger partial charge is 0.335 e. The molecule has 0 radical (unpaired) electrons. The Bertz CT molecular complexity index is 216. The van der Waals surface area contributed by atoms with Crippen LogP contribution >= 0.6 is 0 Å². The normalized spacial score (nSPS) is 31.7. The van der Waals surface area contributed by atoms with Crippen LogP contribution in [0.15, 0.2) is 0 Å². The Labute approximate surface area is 92.2 Å². The molecule has 86 valence electrons. The molecule has 0 spiro atoms. The average Bonchev–Trinajstić information content (AvgIpc) is 2.74. The Morgan fingerprint density at radius 3 is 2.33 bits per heavy atom. The van der Waals surface area contributed by atoms with Crippen LogP contribution in [0.3, 0.4) is 0 Å². The molecule has 2 amide bonds. The van der Waals surface area contributed by atoms with Crippen LogP contribution in [0.5, 0.6) is 0 Å². The van der Waals surface area contributed by atoms with Crippen molar-refractivity contribution in [3.8, 4) is 0 Å². The first kappa shape index (κ1) is 10.8. The summed E-state index contributed by atoms with van der Waals surface area (Å²) in [6.07, 6.45) is 7.22. The Morgan fingerprint density at radius 1 is 1.13 bits per heavy atom. The quantitative estimate of drug-likeness (QED) is 0.708. The fourth-order valence-corrected chi connectivity index (χ4v) is 2.59. The molecule has 0 atom stereocenters. The molecule has 3 heteroatoms. The molecule has 0 unspecified atom stereocenters. The highest BCUT2D eigenvalue weighted by atomic mass is 16.2. The van der Waals surface area contributed by atoms with Gasteiger partial charge in [0.05, 0.1) is 0 Å². The first-order chi connectivity index (χ1) is 7.25. The van der Waals surface area contributed by atoms with Crippen molar-refractivity contribution in [2.75, 3.05) is 13.1 Å². The third-order valence-corrected chi connectivity index (χ3v) is 3.74. The van der Waals surface area contributed by atoms with Crippen LogP contribution in [-0.2, 0) is 0 Å². The molecule has 1 N–H and O–H groups in total. The van der Waals surface area contributed by atoms with E-state index >= 15 is 0 Å². The van der Waals surface area contributed by atoms with Gasteiger partial charge in [-0.1, -0.05) is 6.92 Å². The number of nitrogens with one attached hydrogen (secondary N) is 1. The van der Waals surface area contributed by atoms with E-state index in [0.29, 0.717) is 6.04 Å². The van der Waals surface area contributed by atoms with Gasteiger partial charge in [0, 0.05) is 19.1 Å². The number of nitrogens with zero attached hydrogens (tertiary/aromatic N) is 1. The van der Waals surface area contributed by atoms with Crippen LogP contribution in [0.4, 0.5) is 4.79 Å². The molecule has 1 aliphatic heterocycles. The third kappa shape index (κ3) is 2.86. The molecule has 1 aliphatic carbocycles. The van der Waals surface area contributed by atoms with Crippen molar-refractivity contribution < 1.29 is 4.79 Å². The van der Waals surface area contributed by atoms with E-state index in [1.807, 2.05) is 4.90 Å². The highest BCUT2D eigenvalue weighted by Gasteiger charge is 2.23. The summed E-state index contributed by atoms with van der Waals surface area (Å²) in [4.78, 5) is 13.8. The number of amides is 2. The lowest BCUT2D eigenvalue weighted by Gasteiger charge is -2.28. The molecular weight excluding hydrogens is 188 g/mol. The van der Waals surface area contributed by atoms with Gasteiger partial charge in [-0.15, -0.1) is 0 Å². The molecular formula is C12H22N2O. The van der Waals surface area contributed by atoms with E-state index in [0.717, 1.165) is 19.0 Å². The Kier molecular flexibility index (Phi) is 3.49. The van der Waals surface area contributed by atoms with Gasteiger partial charge in [0.15, 0.2) is 0 Å². The second kappa shape index (κ2) is 4.86. The molecule has 0 aromatic carbocycles. The maximum atomic E-state index is 11.8. The summed E-state index contributed by atoms with van der Waals surface area (Å²) in [7, 11) is 0. The first-order valence-corrected chi connectivity index (χ1v) is 6.31. The van der Waals surface area contributed by atoms with Crippen molar-refractivity contribution in [1.29, 1.82) is 0 Å². The number of urea groups is 1. The summed E-state index contributed by atoms with van der Waals surface area (Å²) < 4.78 is 0. The Morgan fingerprint density at radius 2 is 1.73 bits per heavy atom. The summed E-state index contributed by atoms with van der Waals surface area (Å²) in [5, 5.41) is 3.17. The predicted octanol–water partition coefficient (Wildman–Crippen LogP) is 2.37. The van der Waals surface area contributed by atoms with Crippen molar-refractivity contribution in [3.05, 3.63) is 0 Å². The van der Waals surface area contributed by atoms with Crippen LogP contribution < -0.4 is 5.32 Å². The standard InChI is InChI=1S/C12H22N2O/c1-10-4-6-11(7-5-10)13-12(15)14-8-2-3-9-14/h10-11H,2-9H2,1H3,(H,13,15). The predicted molar refractivity (Wildman–Crippen MR) is 60.8 cm³/mol. The van der Waals surface area contributed by atoms with E-state index in [1.165, 1.54) is 38.5 Å². The number of hydrogen-bond donors (Lipinski definition) is 1. The first-order valence-electron chi connectivity index (χ1n) is 6.31. The molecule has 0 aromatic heterocycles. The van der Waals surface area contributed by atoms with Gasteiger partial charge < -0.3 is 10.2 Å². The third-order valence-electron chi connectivity index (χ3n) is 3.74. The van der Waals surface area contributed by atoms with E-state index in [4.69, 9.17) is 0 Å². The van der Waals surface area contributed by atoms with Crippen LogP contribution in [-0.4, -0.2) is 30.1 Å². The van der Waals surface area contributed by atoms with Crippen LogP contribution in [0.25, 0.3) is 0 Å².